The molecule has 2 amide bonds. The highest BCUT2D eigenvalue weighted by Gasteiger charge is 2.49. The molecule has 1 aromatic carbocycles. The molecule has 3 aliphatic rings. The van der Waals surface area contributed by atoms with Crippen molar-refractivity contribution in [1.82, 2.24) is 4.90 Å². The highest BCUT2D eigenvalue weighted by atomic mass is 16.2. The van der Waals surface area contributed by atoms with Gasteiger partial charge < -0.3 is 16.0 Å². The number of anilines is 1. The summed E-state index contributed by atoms with van der Waals surface area (Å²) >= 11 is 0. The van der Waals surface area contributed by atoms with E-state index >= 15 is 0 Å². The van der Waals surface area contributed by atoms with Crippen LogP contribution in [0.3, 0.4) is 0 Å². The average Bonchev–Trinajstić information content (AvgIpc) is 3.26. The first-order chi connectivity index (χ1) is 11.6. The second-order valence-electron chi connectivity index (χ2n) is 7.54. The van der Waals surface area contributed by atoms with E-state index in [2.05, 4.69) is 5.32 Å². The lowest BCUT2D eigenvalue weighted by atomic mass is 9.84. The number of hydrogen-bond acceptors (Lipinski definition) is 3. The SMILES string of the molecule is NC1C2CCC(C2)C1C(=O)Nc1ccc(CN2CCCC2=O)cc1. The fourth-order valence-electron chi connectivity index (χ4n) is 4.74. The van der Waals surface area contributed by atoms with Crippen molar-refractivity contribution < 1.29 is 9.59 Å². The maximum atomic E-state index is 12.6. The van der Waals surface area contributed by atoms with Gasteiger partial charge in [-0.2, -0.15) is 0 Å². The molecule has 1 aromatic rings. The molecule has 24 heavy (non-hydrogen) atoms. The number of carbonyl (C=O) groups is 2. The standard InChI is InChI=1S/C19H25N3O2/c20-18-14-6-5-13(10-14)17(18)19(24)21-15-7-3-12(4-8-15)11-22-9-1-2-16(22)23/h3-4,7-8,13-14,17-18H,1-2,5-6,9-11,20H2,(H,21,24). The number of nitrogens with one attached hydrogen (secondary N) is 1. The third-order valence-electron chi connectivity index (χ3n) is 6.05. The van der Waals surface area contributed by atoms with Gasteiger partial charge in [-0.05, 0) is 55.2 Å². The highest BCUT2D eigenvalue weighted by molar-refractivity contribution is 5.93. The summed E-state index contributed by atoms with van der Waals surface area (Å²) in [5.41, 5.74) is 8.16. The number of likely N-dealkylation sites (tertiary alicyclic amines) is 1. The molecule has 2 aliphatic carbocycles. The van der Waals surface area contributed by atoms with Crippen LogP contribution in [0.2, 0.25) is 0 Å². The van der Waals surface area contributed by atoms with Gasteiger partial charge in [-0.3, -0.25) is 9.59 Å². The summed E-state index contributed by atoms with van der Waals surface area (Å²) < 4.78 is 0. The minimum atomic E-state index is -0.0364. The Morgan fingerprint density at radius 3 is 2.58 bits per heavy atom. The van der Waals surface area contributed by atoms with E-state index in [1.54, 1.807) is 0 Å². The predicted molar refractivity (Wildman–Crippen MR) is 92.0 cm³/mol. The van der Waals surface area contributed by atoms with E-state index in [0.717, 1.165) is 37.1 Å². The fourth-order valence-corrected chi connectivity index (χ4v) is 4.74. The molecule has 5 nitrogen and oxygen atoms in total. The topological polar surface area (TPSA) is 75.4 Å². The van der Waals surface area contributed by atoms with Gasteiger partial charge in [0.05, 0.1) is 5.92 Å². The van der Waals surface area contributed by atoms with Crippen LogP contribution in [-0.4, -0.2) is 29.3 Å². The third kappa shape index (κ3) is 2.81. The summed E-state index contributed by atoms with van der Waals surface area (Å²) in [6, 6.07) is 7.84. The number of hydrogen-bond donors (Lipinski definition) is 2. The molecular weight excluding hydrogens is 302 g/mol. The Bertz CT molecular complexity index is 641. The van der Waals surface area contributed by atoms with Crippen LogP contribution in [0.1, 0.15) is 37.7 Å². The number of nitrogens with zero attached hydrogens (tertiary/aromatic N) is 1. The van der Waals surface area contributed by atoms with Crippen molar-refractivity contribution in [3.05, 3.63) is 29.8 Å². The van der Waals surface area contributed by atoms with Gasteiger partial charge in [0.1, 0.15) is 0 Å². The zero-order chi connectivity index (χ0) is 16.7. The van der Waals surface area contributed by atoms with E-state index < -0.39 is 0 Å². The Hall–Kier alpha value is -1.88. The lowest BCUT2D eigenvalue weighted by molar-refractivity contribution is -0.128. The summed E-state index contributed by atoms with van der Waals surface area (Å²) in [6.07, 6.45) is 5.05. The summed E-state index contributed by atoms with van der Waals surface area (Å²) in [5, 5.41) is 3.03. The van der Waals surface area contributed by atoms with Crippen LogP contribution in [0.25, 0.3) is 0 Å². The van der Waals surface area contributed by atoms with Crippen LogP contribution >= 0.6 is 0 Å². The molecule has 0 spiro atoms. The molecule has 3 fully saturated rings. The predicted octanol–water partition coefficient (Wildman–Crippen LogP) is 2.12. The number of benzene rings is 1. The minimum absolute atomic E-state index is 0.0178. The molecule has 4 rings (SSSR count). The Balaban J connectivity index is 1.37. The quantitative estimate of drug-likeness (QED) is 0.889. The summed E-state index contributed by atoms with van der Waals surface area (Å²) in [4.78, 5) is 26.2. The lowest BCUT2D eigenvalue weighted by Crippen LogP contribution is -2.42. The largest absolute Gasteiger partial charge is 0.338 e. The van der Waals surface area contributed by atoms with E-state index in [1.165, 1.54) is 6.42 Å². The molecule has 1 saturated heterocycles. The van der Waals surface area contributed by atoms with Gasteiger partial charge in [-0.1, -0.05) is 12.1 Å². The van der Waals surface area contributed by atoms with E-state index in [0.29, 0.717) is 24.8 Å². The molecule has 4 atom stereocenters. The van der Waals surface area contributed by atoms with Gasteiger partial charge in [-0.25, -0.2) is 0 Å². The number of fused-ring (bicyclic) bond motifs is 2. The van der Waals surface area contributed by atoms with Gasteiger partial charge in [0.2, 0.25) is 11.8 Å². The van der Waals surface area contributed by atoms with Crippen molar-refractivity contribution in [2.45, 2.75) is 44.7 Å². The van der Waals surface area contributed by atoms with Crippen LogP contribution in [0.5, 0.6) is 0 Å². The first-order valence-corrected chi connectivity index (χ1v) is 9.05. The Morgan fingerprint density at radius 1 is 1.21 bits per heavy atom. The first-order valence-electron chi connectivity index (χ1n) is 9.05. The molecule has 1 heterocycles. The summed E-state index contributed by atoms with van der Waals surface area (Å²) in [6.45, 7) is 1.50. The summed E-state index contributed by atoms with van der Waals surface area (Å²) in [7, 11) is 0. The smallest absolute Gasteiger partial charge is 0.229 e. The Labute approximate surface area is 142 Å². The van der Waals surface area contributed by atoms with Crippen LogP contribution in [0, 0.1) is 17.8 Å². The van der Waals surface area contributed by atoms with Crippen LogP contribution in [0.15, 0.2) is 24.3 Å². The van der Waals surface area contributed by atoms with Crippen molar-refractivity contribution in [2.24, 2.45) is 23.5 Å². The maximum Gasteiger partial charge on any atom is 0.229 e. The fraction of sp³-hybridized carbons (Fsp3) is 0.579. The number of amides is 2. The molecule has 2 saturated carbocycles. The average molecular weight is 327 g/mol. The van der Waals surface area contributed by atoms with Crippen LogP contribution in [0.4, 0.5) is 5.69 Å². The molecule has 0 aromatic heterocycles. The number of carbonyl (C=O) groups excluding carboxylic acids is 2. The third-order valence-corrected chi connectivity index (χ3v) is 6.05. The van der Waals surface area contributed by atoms with Crippen molar-refractivity contribution in [1.29, 1.82) is 0 Å². The number of rotatable bonds is 4. The molecular formula is C19H25N3O2. The molecule has 2 bridgehead atoms. The van der Waals surface area contributed by atoms with Crippen LogP contribution < -0.4 is 11.1 Å². The van der Waals surface area contributed by atoms with E-state index in [9.17, 15) is 9.59 Å². The molecule has 128 valence electrons. The minimum Gasteiger partial charge on any atom is -0.338 e. The van der Waals surface area contributed by atoms with Crippen molar-refractivity contribution >= 4 is 17.5 Å². The monoisotopic (exact) mass is 327 g/mol. The van der Waals surface area contributed by atoms with Gasteiger partial charge in [-0.15, -0.1) is 0 Å². The van der Waals surface area contributed by atoms with Crippen LogP contribution in [-0.2, 0) is 16.1 Å². The number of nitrogens with two attached hydrogens (primary N) is 1. The lowest BCUT2D eigenvalue weighted by Gasteiger charge is -2.27. The van der Waals surface area contributed by atoms with Gasteiger partial charge in [0, 0.05) is 31.2 Å². The first kappa shape index (κ1) is 15.6. The zero-order valence-electron chi connectivity index (χ0n) is 13.9. The molecule has 4 unspecified atom stereocenters. The zero-order valence-corrected chi connectivity index (χ0v) is 13.9. The van der Waals surface area contributed by atoms with Crippen molar-refractivity contribution in [3.63, 3.8) is 0 Å². The molecule has 0 radical (unpaired) electrons. The normalized spacial score (nSPS) is 31.7. The Morgan fingerprint density at radius 2 is 1.96 bits per heavy atom. The molecule has 3 N–H and O–H groups in total. The molecule has 5 heteroatoms. The van der Waals surface area contributed by atoms with Crippen molar-refractivity contribution in [2.75, 3.05) is 11.9 Å². The van der Waals surface area contributed by atoms with Gasteiger partial charge in [0.25, 0.3) is 0 Å². The van der Waals surface area contributed by atoms with E-state index in [-0.39, 0.29) is 23.8 Å². The molecule has 1 aliphatic heterocycles. The second kappa shape index (κ2) is 6.20. The highest BCUT2D eigenvalue weighted by Crippen LogP contribution is 2.47. The van der Waals surface area contributed by atoms with E-state index in [1.807, 2.05) is 29.2 Å². The Kier molecular flexibility index (Phi) is 4.04. The van der Waals surface area contributed by atoms with Gasteiger partial charge in [0.15, 0.2) is 0 Å². The second-order valence-corrected chi connectivity index (χ2v) is 7.54. The summed E-state index contributed by atoms with van der Waals surface area (Å²) in [5.74, 6) is 1.26. The van der Waals surface area contributed by atoms with E-state index in [4.69, 9.17) is 5.73 Å². The van der Waals surface area contributed by atoms with Crippen molar-refractivity contribution in [3.8, 4) is 0 Å². The maximum absolute atomic E-state index is 12.6. The van der Waals surface area contributed by atoms with Gasteiger partial charge >= 0.3 is 0 Å².